The molecule has 1 aliphatic carbocycles. The van der Waals surface area contributed by atoms with Crippen LogP contribution in [0.15, 0.2) is 6.33 Å². The summed E-state index contributed by atoms with van der Waals surface area (Å²) in [4.78, 5) is 8.22. The molecule has 1 heterocycles. The fourth-order valence-electron chi connectivity index (χ4n) is 2.44. The third-order valence-electron chi connectivity index (χ3n) is 3.90. The van der Waals surface area contributed by atoms with Gasteiger partial charge in [0.25, 0.3) is 0 Å². The highest BCUT2D eigenvalue weighted by molar-refractivity contribution is 5.67. The van der Waals surface area contributed by atoms with Crippen LogP contribution in [0, 0.1) is 5.41 Å². The summed E-state index contributed by atoms with van der Waals surface area (Å²) in [5.74, 6) is 1.06. The number of nitrogens with one attached hydrogen (secondary N) is 1. The lowest BCUT2D eigenvalue weighted by Gasteiger charge is -2.51. The Morgan fingerprint density at radius 2 is 2.21 bits per heavy atom. The fraction of sp³-hybridized carbons (Fsp3) is 0.692. The van der Waals surface area contributed by atoms with Crippen molar-refractivity contribution in [2.75, 3.05) is 24.8 Å². The summed E-state index contributed by atoms with van der Waals surface area (Å²) in [5.41, 5.74) is 6.52. The number of anilines is 2. The zero-order chi connectivity index (χ0) is 14.0. The molecule has 1 aliphatic rings. The fourth-order valence-corrected chi connectivity index (χ4v) is 2.44. The van der Waals surface area contributed by atoms with Crippen molar-refractivity contribution in [1.29, 1.82) is 0 Å². The van der Waals surface area contributed by atoms with E-state index >= 15 is 0 Å². The van der Waals surface area contributed by atoms with Gasteiger partial charge in [0, 0.05) is 18.6 Å². The maximum absolute atomic E-state index is 6.01. The molecule has 0 aromatic carbocycles. The van der Waals surface area contributed by atoms with Gasteiger partial charge in [0.1, 0.15) is 12.0 Å². The van der Waals surface area contributed by atoms with E-state index in [0.29, 0.717) is 24.0 Å². The predicted octanol–water partition coefficient (Wildman–Crippen LogP) is 1.68. The maximum atomic E-state index is 6.01. The first-order valence-electron chi connectivity index (χ1n) is 6.53. The van der Waals surface area contributed by atoms with Crippen molar-refractivity contribution in [1.82, 2.24) is 9.97 Å². The van der Waals surface area contributed by atoms with E-state index in [-0.39, 0.29) is 17.6 Å². The molecule has 1 aromatic rings. The zero-order valence-electron chi connectivity index (χ0n) is 11.9. The smallest absolute Gasteiger partial charge is 0.242 e. The van der Waals surface area contributed by atoms with Crippen LogP contribution in [0.4, 0.5) is 11.5 Å². The van der Waals surface area contributed by atoms with Crippen molar-refractivity contribution in [3.8, 4) is 5.88 Å². The first kappa shape index (κ1) is 13.9. The predicted molar refractivity (Wildman–Crippen MR) is 74.2 cm³/mol. The molecule has 2 unspecified atom stereocenters. The van der Waals surface area contributed by atoms with Crippen molar-refractivity contribution < 1.29 is 9.47 Å². The highest BCUT2D eigenvalue weighted by atomic mass is 16.5. The molecule has 0 saturated heterocycles. The average molecular weight is 266 g/mol. The van der Waals surface area contributed by atoms with E-state index in [0.717, 1.165) is 6.42 Å². The van der Waals surface area contributed by atoms with Gasteiger partial charge in [0.15, 0.2) is 5.82 Å². The van der Waals surface area contributed by atoms with Gasteiger partial charge in [-0.15, -0.1) is 0 Å². The van der Waals surface area contributed by atoms with Crippen LogP contribution in [0.2, 0.25) is 0 Å². The van der Waals surface area contributed by atoms with Crippen LogP contribution in [0.1, 0.15) is 27.2 Å². The number of rotatable bonds is 5. The number of methoxy groups -OCH3 is 1. The van der Waals surface area contributed by atoms with Crippen LogP contribution in [0.5, 0.6) is 5.88 Å². The molecule has 0 amide bonds. The van der Waals surface area contributed by atoms with Gasteiger partial charge in [0.05, 0.1) is 12.7 Å². The molecule has 19 heavy (non-hydrogen) atoms. The minimum atomic E-state index is 0.0535. The highest BCUT2D eigenvalue weighted by Crippen LogP contribution is 2.44. The number of nitrogens with zero attached hydrogens (tertiary/aromatic N) is 2. The first-order valence-corrected chi connectivity index (χ1v) is 6.53. The molecule has 2 atom stereocenters. The Bertz CT molecular complexity index is 450. The summed E-state index contributed by atoms with van der Waals surface area (Å²) in [6.45, 7) is 6.76. The summed E-state index contributed by atoms with van der Waals surface area (Å²) < 4.78 is 10.8. The van der Waals surface area contributed by atoms with E-state index in [9.17, 15) is 0 Å². The van der Waals surface area contributed by atoms with Crippen molar-refractivity contribution in [2.45, 2.75) is 39.3 Å². The Morgan fingerprint density at radius 3 is 2.79 bits per heavy atom. The monoisotopic (exact) mass is 266 g/mol. The lowest BCUT2D eigenvalue weighted by Crippen LogP contribution is -2.57. The molecule has 6 heteroatoms. The van der Waals surface area contributed by atoms with Gasteiger partial charge in [-0.2, -0.15) is 4.98 Å². The molecule has 1 fully saturated rings. The van der Waals surface area contributed by atoms with Gasteiger partial charge in [-0.25, -0.2) is 4.98 Å². The lowest BCUT2D eigenvalue weighted by atomic mass is 9.64. The standard InChI is InChI=1S/C13H22N4O2/c1-5-19-12-10(14)11(15-7-16-12)17-8-6-9(18-4)13(8,2)3/h7-9H,5-6,14H2,1-4H3,(H,15,16,17). The zero-order valence-corrected chi connectivity index (χ0v) is 11.9. The van der Waals surface area contributed by atoms with Crippen LogP contribution in [0.3, 0.4) is 0 Å². The molecule has 0 spiro atoms. The second kappa shape index (κ2) is 5.21. The van der Waals surface area contributed by atoms with Gasteiger partial charge < -0.3 is 20.5 Å². The topological polar surface area (TPSA) is 82.3 Å². The molecule has 2 rings (SSSR count). The third-order valence-corrected chi connectivity index (χ3v) is 3.90. The Kier molecular flexibility index (Phi) is 3.80. The van der Waals surface area contributed by atoms with Crippen molar-refractivity contribution in [3.63, 3.8) is 0 Å². The Balaban J connectivity index is 2.10. The molecule has 0 aliphatic heterocycles. The summed E-state index contributed by atoms with van der Waals surface area (Å²) in [7, 11) is 1.74. The van der Waals surface area contributed by atoms with Crippen molar-refractivity contribution >= 4 is 11.5 Å². The van der Waals surface area contributed by atoms with Crippen LogP contribution in [0.25, 0.3) is 0 Å². The molecule has 1 aromatic heterocycles. The van der Waals surface area contributed by atoms with Crippen LogP contribution in [-0.2, 0) is 4.74 Å². The van der Waals surface area contributed by atoms with E-state index in [1.165, 1.54) is 6.33 Å². The summed E-state index contributed by atoms with van der Waals surface area (Å²) in [5, 5.41) is 3.36. The number of nitrogen functional groups attached to an aromatic ring is 1. The van der Waals surface area contributed by atoms with Crippen LogP contribution in [-0.4, -0.2) is 35.8 Å². The maximum Gasteiger partial charge on any atom is 0.242 e. The number of aromatic nitrogens is 2. The van der Waals surface area contributed by atoms with Gasteiger partial charge in [-0.3, -0.25) is 0 Å². The van der Waals surface area contributed by atoms with E-state index in [1.54, 1.807) is 7.11 Å². The highest BCUT2D eigenvalue weighted by Gasteiger charge is 2.48. The van der Waals surface area contributed by atoms with Gasteiger partial charge in [0.2, 0.25) is 5.88 Å². The first-order chi connectivity index (χ1) is 9.00. The van der Waals surface area contributed by atoms with Crippen molar-refractivity contribution in [2.24, 2.45) is 5.41 Å². The Labute approximate surface area is 113 Å². The third kappa shape index (κ3) is 2.45. The van der Waals surface area contributed by atoms with Gasteiger partial charge >= 0.3 is 0 Å². The summed E-state index contributed by atoms with van der Waals surface area (Å²) in [6.07, 6.45) is 2.67. The molecule has 0 radical (unpaired) electrons. The van der Waals surface area contributed by atoms with Crippen molar-refractivity contribution in [3.05, 3.63) is 6.33 Å². The minimum Gasteiger partial charge on any atom is -0.476 e. The second-order valence-corrected chi connectivity index (χ2v) is 5.35. The molecule has 6 nitrogen and oxygen atoms in total. The summed E-state index contributed by atoms with van der Waals surface area (Å²) in [6, 6.07) is 0.282. The second-order valence-electron chi connectivity index (χ2n) is 5.35. The van der Waals surface area contributed by atoms with Gasteiger partial charge in [-0.05, 0) is 13.3 Å². The van der Waals surface area contributed by atoms with E-state index in [4.69, 9.17) is 15.2 Å². The number of hydrogen-bond donors (Lipinski definition) is 2. The molecule has 1 saturated carbocycles. The largest absolute Gasteiger partial charge is 0.476 e. The quantitative estimate of drug-likeness (QED) is 0.844. The normalized spacial score (nSPS) is 24.6. The van der Waals surface area contributed by atoms with E-state index in [2.05, 4.69) is 29.1 Å². The van der Waals surface area contributed by atoms with E-state index < -0.39 is 0 Å². The summed E-state index contributed by atoms with van der Waals surface area (Å²) >= 11 is 0. The Morgan fingerprint density at radius 1 is 1.47 bits per heavy atom. The van der Waals surface area contributed by atoms with Gasteiger partial charge in [-0.1, -0.05) is 13.8 Å². The SMILES string of the molecule is CCOc1ncnc(NC2CC(OC)C2(C)C)c1N. The van der Waals surface area contributed by atoms with Crippen LogP contribution < -0.4 is 15.8 Å². The molecule has 106 valence electrons. The minimum absolute atomic E-state index is 0.0535. The molecular weight excluding hydrogens is 244 g/mol. The van der Waals surface area contributed by atoms with Crippen LogP contribution >= 0.6 is 0 Å². The molecule has 0 bridgehead atoms. The average Bonchev–Trinajstić information content (AvgIpc) is 2.38. The number of hydrogen-bond acceptors (Lipinski definition) is 6. The van der Waals surface area contributed by atoms with E-state index in [1.807, 2.05) is 6.92 Å². The Hall–Kier alpha value is -1.56. The molecule has 3 N–H and O–H groups in total. The number of nitrogens with two attached hydrogens (primary N) is 1. The molecular formula is C13H22N4O2. The number of ether oxygens (including phenoxy) is 2. The lowest BCUT2D eigenvalue weighted by molar-refractivity contribution is -0.0795.